The van der Waals surface area contributed by atoms with Crippen LogP contribution in [0.2, 0.25) is 0 Å². The normalized spacial score (nSPS) is 12.7. The predicted molar refractivity (Wildman–Crippen MR) is 117 cm³/mol. The molecule has 0 fully saturated rings. The summed E-state index contributed by atoms with van der Waals surface area (Å²) in [6, 6.07) is 19.0. The second-order valence-electron chi connectivity index (χ2n) is 7.07. The molecule has 3 rings (SSSR count). The second-order valence-corrected chi connectivity index (χ2v) is 7.07. The van der Waals surface area contributed by atoms with Gasteiger partial charge in [0.15, 0.2) is 0 Å². The Labute approximate surface area is 183 Å². The molecule has 5 nitrogen and oxygen atoms in total. The van der Waals surface area contributed by atoms with E-state index in [0.29, 0.717) is 28.3 Å². The van der Waals surface area contributed by atoms with Gasteiger partial charge in [-0.05, 0) is 55.0 Å². The molecule has 2 atom stereocenters. The number of anilines is 2. The van der Waals surface area contributed by atoms with Crippen LogP contribution >= 0.6 is 0 Å². The lowest BCUT2D eigenvalue weighted by molar-refractivity contribution is -0.133. The van der Waals surface area contributed by atoms with Crippen LogP contribution in [0.1, 0.15) is 24.2 Å². The van der Waals surface area contributed by atoms with E-state index in [0.717, 1.165) is 6.21 Å². The average molecular weight is 441 g/mol. The number of rotatable bonds is 9. The van der Waals surface area contributed by atoms with Gasteiger partial charge in [-0.15, -0.1) is 0 Å². The van der Waals surface area contributed by atoms with Gasteiger partial charge in [0.1, 0.15) is 17.7 Å². The minimum atomic E-state index is -3.13. The van der Waals surface area contributed by atoms with Gasteiger partial charge in [-0.1, -0.05) is 30.3 Å². The van der Waals surface area contributed by atoms with Crippen LogP contribution in [0.3, 0.4) is 0 Å². The molecule has 0 spiro atoms. The molecule has 32 heavy (non-hydrogen) atoms. The summed E-state index contributed by atoms with van der Waals surface area (Å²) in [4.78, 5) is 11.5. The smallest absolute Gasteiger partial charge is 0.315 e. The van der Waals surface area contributed by atoms with Gasteiger partial charge in [-0.25, -0.2) is 4.39 Å². The van der Waals surface area contributed by atoms with Gasteiger partial charge in [-0.3, -0.25) is 4.79 Å². The zero-order valence-corrected chi connectivity index (χ0v) is 17.2. The third kappa shape index (κ3) is 5.87. The molecule has 166 valence electrons. The number of hydrogen-bond donors (Lipinski definition) is 3. The molecule has 0 bridgehead atoms. The molecule has 0 aliphatic rings. The molecular weight excluding hydrogens is 419 g/mol. The predicted octanol–water partition coefficient (Wildman–Crippen LogP) is 5.46. The maximum atomic E-state index is 13.1. The largest absolute Gasteiger partial charge is 0.484 e. The minimum absolute atomic E-state index is 0.355. The third-order valence-electron chi connectivity index (χ3n) is 4.72. The Morgan fingerprint density at radius 3 is 2.34 bits per heavy atom. The van der Waals surface area contributed by atoms with Crippen molar-refractivity contribution in [2.45, 2.75) is 25.5 Å². The maximum Gasteiger partial charge on any atom is 0.315 e. The Bertz CT molecular complexity index is 1060. The standard InChI is InChI=1S/C24H22F3N3O2/c1-15(29-24(31)23(26)27)22(16-5-3-2-4-6-16)32-20-11-12-21(17(13-20)14-28)30-19-9-7-18(25)8-10-19/h2-15,22-23,28,30H,1H3,(H,29,31)/t15?,22-/m0/s1. The van der Waals surface area contributed by atoms with Crippen molar-refractivity contribution in [1.82, 2.24) is 5.32 Å². The molecule has 0 aromatic heterocycles. The number of benzene rings is 3. The summed E-state index contributed by atoms with van der Waals surface area (Å²) in [5.74, 6) is -1.34. The first kappa shape index (κ1) is 22.9. The summed E-state index contributed by atoms with van der Waals surface area (Å²) in [5, 5.41) is 13.1. The summed E-state index contributed by atoms with van der Waals surface area (Å²) < 4.78 is 44.6. The molecular formula is C24H22F3N3O2. The highest BCUT2D eigenvalue weighted by molar-refractivity contribution is 5.88. The fraction of sp³-hybridized carbons (Fsp3) is 0.167. The quantitative estimate of drug-likeness (QED) is 0.386. The number of alkyl halides is 2. The van der Waals surface area contributed by atoms with Crippen LogP contribution in [0, 0.1) is 11.2 Å². The first-order chi connectivity index (χ1) is 15.4. The van der Waals surface area contributed by atoms with Crippen LogP contribution < -0.4 is 15.4 Å². The lowest BCUT2D eigenvalue weighted by Gasteiger charge is -2.27. The van der Waals surface area contributed by atoms with Crippen LogP contribution in [0.15, 0.2) is 72.8 Å². The monoisotopic (exact) mass is 441 g/mol. The summed E-state index contributed by atoms with van der Waals surface area (Å²) in [5.41, 5.74) is 2.45. The van der Waals surface area contributed by atoms with E-state index in [9.17, 15) is 18.0 Å². The Hall–Kier alpha value is -3.81. The Kier molecular flexibility index (Phi) is 7.49. The molecule has 0 saturated heterocycles. The molecule has 0 aliphatic carbocycles. The van der Waals surface area contributed by atoms with Gasteiger partial charge in [0.2, 0.25) is 0 Å². The summed E-state index contributed by atoms with van der Waals surface area (Å²) in [6.07, 6.45) is -2.73. The highest BCUT2D eigenvalue weighted by Gasteiger charge is 2.26. The van der Waals surface area contributed by atoms with Crippen molar-refractivity contribution in [3.63, 3.8) is 0 Å². The number of nitrogens with one attached hydrogen (secondary N) is 3. The number of hydrogen-bond acceptors (Lipinski definition) is 4. The van der Waals surface area contributed by atoms with Crippen molar-refractivity contribution >= 4 is 23.5 Å². The van der Waals surface area contributed by atoms with E-state index in [4.69, 9.17) is 10.1 Å². The van der Waals surface area contributed by atoms with Gasteiger partial charge in [-0.2, -0.15) is 8.78 Å². The van der Waals surface area contributed by atoms with Gasteiger partial charge < -0.3 is 20.8 Å². The molecule has 3 aromatic rings. The van der Waals surface area contributed by atoms with E-state index in [1.54, 1.807) is 61.5 Å². The maximum absolute atomic E-state index is 13.1. The molecule has 3 N–H and O–H groups in total. The molecule has 0 heterocycles. The molecule has 1 amide bonds. The average Bonchev–Trinajstić information content (AvgIpc) is 2.80. The highest BCUT2D eigenvalue weighted by Crippen LogP contribution is 2.29. The summed E-state index contributed by atoms with van der Waals surface area (Å²) in [7, 11) is 0. The topological polar surface area (TPSA) is 74.2 Å². The Balaban J connectivity index is 1.84. The van der Waals surface area contributed by atoms with Crippen LogP contribution in [-0.4, -0.2) is 24.6 Å². The Morgan fingerprint density at radius 2 is 1.72 bits per heavy atom. The van der Waals surface area contributed by atoms with Crippen LogP contribution in [-0.2, 0) is 4.79 Å². The van der Waals surface area contributed by atoms with Crippen molar-refractivity contribution in [1.29, 1.82) is 5.41 Å². The fourth-order valence-electron chi connectivity index (χ4n) is 3.15. The first-order valence-electron chi connectivity index (χ1n) is 9.84. The summed E-state index contributed by atoms with van der Waals surface area (Å²) >= 11 is 0. The van der Waals surface area contributed by atoms with E-state index in [2.05, 4.69) is 10.6 Å². The van der Waals surface area contributed by atoms with E-state index in [1.165, 1.54) is 12.1 Å². The number of carbonyl (C=O) groups excluding carboxylic acids is 1. The molecule has 0 aliphatic heterocycles. The van der Waals surface area contributed by atoms with Crippen molar-refractivity contribution in [2.24, 2.45) is 0 Å². The van der Waals surface area contributed by atoms with Crippen LogP contribution in [0.4, 0.5) is 24.5 Å². The van der Waals surface area contributed by atoms with Gasteiger partial charge in [0.25, 0.3) is 5.91 Å². The molecule has 8 heteroatoms. The molecule has 0 saturated carbocycles. The van der Waals surface area contributed by atoms with Gasteiger partial charge in [0.05, 0.1) is 6.04 Å². The lowest BCUT2D eigenvalue weighted by Crippen LogP contribution is -2.42. The van der Waals surface area contributed by atoms with Crippen LogP contribution in [0.25, 0.3) is 0 Å². The van der Waals surface area contributed by atoms with E-state index < -0.39 is 24.5 Å². The number of halogens is 3. The zero-order valence-electron chi connectivity index (χ0n) is 17.2. The van der Waals surface area contributed by atoms with Crippen molar-refractivity contribution in [3.8, 4) is 5.75 Å². The van der Waals surface area contributed by atoms with Gasteiger partial charge >= 0.3 is 6.43 Å². The SMILES string of the molecule is CC(NC(=O)C(F)F)[C@H](Oc1ccc(Nc2ccc(F)cc2)c(C=N)c1)c1ccccc1. The lowest BCUT2D eigenvalue weighted by atomic mass is 10.0. The van der Waals surface area contributed by atoms with Crippen molar-refractivity contribution < 1.29 is 22.7 Å². The van der Waals surface area contributed by atoms with Crippen LogP contribution in [0.5, 0.6) is 5.75 Å². The third-order valence-corrected chi connectivity index (χ3v) is 4.72. The minimum Gasteiger partial charge on any atom is -0.484 e. The molecule has 1 unspecified atom stereocenters. The highest BCUT2D eigenvalue weighted by atomic mass is 19.3. The molecule has 0 radical (unpaired) electrons. The Morgan fingerprint density at radius 1 is 1.03 bits per heavy atom. The van der Waals surface area contributed by atoms with Crippen molar-refractivity contribution in [2.75, 3.05) is 5.32 Å². The fourth-order valence-corrected chi connectivity index (χ4v) is 3.15. The number of carbonyl (C=O) groups is 1. The zero-order chi connectivity index (χ0) is 23.1. The van der Waals surface area contributed by atoms with E-state index >= 15 is 0 Å². The van der Waals surface area contributed by atoms with E-state index in [-0.39, 0.29) is 5.82 Å². The summed E-state index contributed by atoms with van der Waals surface area (Å²) in [6.45, 7) is 1.58. The molecule has 3 aromatic carbocycles. The van der Waals surface area contributed by atoms with E-state index in [1.807, 2.05) is 6.07 Å². The van der Waals surface area contributed by atoms with Crippen molar-refractivity contribution in [3.05, 3.63) is 89.7 Å². The van der Waals surface area contributed by atoms with Gasteiger partial charge in [0, 0.05) is 23.2 Å². The first-order valence-corrected chi connectivity index (χ1v) is 9.84. The number of ether oxygens (including phenoxy) is 1. The second kappa shape index (κ2) is 10.5. The number of amides is 1.